The molecule has 0 saturated carbocycles. The highest BCUT2D eigenvalue weighted by Crippen LogP contribution is 2.46. The number of carbonyl (C=O) groups is 4. The summed E-state index contributed by atoms with van der Waals surface area (Å²) < 4.78 is 0. The fourth-order valence-electron chi connectivity index (χ4n) is 6.44. The van der Waals surface area contributed by atoms with Crippen LogP contribution in [-0.2, 0) is 20.8 Å². The van der Waals surface area contributed by atoms with Crippen molar-refractivity contribution in [1.29, 1.82) is 0 Å². The Bertz CT molecular complexity index is 1490. The van der Waals surface area contributed by atoms with Crippen LogP contribution in [0.1, 0.15) is 59.9 Å². The van der Waals surface area contributed by atoms with Gasteiger partial charge in [0.1, 0.15) is 12.1 Å². The van der Waals surface area contributed by atoms with Crippen LogP contribution in [-0.4, -0.2) is 68.8 Å². The molecular formula is C30H32N4O5. The molecule has 3 aliphatic rings. The predicted molar refractivity (Wildman–Crippen MR) is 144 cm³/mol. The number of amides is 3. The van der Waals surface area contributed by atoms with Gasteiger partial charge >= 0.3 is 5.97 Å². The van der Waals surface area contributed by atoms with E-state index in [4.69, 9.17) is 0 Å². The Kier molecular flexibility index (Phi) is 6.16. The Labute approximate surface area is 226 Å². The summed E-state index contributed by atoms with van der Waals surface area (Å²) in [5.74, 6) is -2.23. The van der Waals surface area contributed by atoms with Gasteiger partial charge in [-0.15, -0.1) is 0 Å². The van der Waals surface area contributed by atoms with E-state index in [-0.39, 0.29) is 23.6 Å². The number of para-hydroxylation sites is 1. The number of fused-ring (bicyclic) bond motifs is 7. The Morgan fingerprint density at radius 3 is 2.44 bits per heavy atom. The third-order valence-corrected chi connectivity index (χ3v) is 8.54. The number of carboxylic acid groups (broad SMARTS) is 1. The van der Waals surface area contributed by atoms with Gasteiger partial charge in [-0.05, 0) is 42.0 Å². The molecule has 4 heterocycles. The normalized spacial score (nSPS) is 21.5. The van der Waals surface area contributed by atoms with Crippen molar-refractivity contribution < 1.29 is 24.3 Å². The molecule has 3 aromatic rings. The highest BCUT2D eigenvalue weighted by Gasteiger charge is 2.49. The third-order valence-electron chi connectivity index (χ3n) is 8.54. The maximum atomic E-state index is 14.0. The molecule has 0 spiro atoms. The van der Waals surface area contributed by atoms with Crippen LogP contribution in [0.5, 0.6) is 0 Å². The first-order valence-electron chi connectivity index (χ1n) is 13.6. The minimum Gasteiger partial charge on any atom is -0.481 e. The van der Waals surface area contributed by atoms with Crippen molar-refractivity contribution in [3.63, 3.8) is 0 Å². The summed E-state index contributed by atoms with van der Waals surface area (Å²) in [5.41, 5.74) is 4.35. The van der Waals surface area contributed by atoms with Gasteiger partial charge in [0.05, 0.1) is 12.0 Å². The molecule has 1 fully saturated rings. The standard InChI is InChI=1S/C30H32N4O5/c1-16(2)24(29(37)33-13-11-17(12-14-33)30(38)39)32-27(35)23-15-21-18-7-5-6-10-22(18)31-25(21)26-19-8-3-4-9-20(19)28(36)34(23)26/h3-10,16-17,23-24,26,31H,11-15H2,1-2H3,(H,32,35)(H,38,39). The summed E-state index contributed by atoms with van der Waals surface area (Å²) in [4.78, 5) is 59.3. The number of H-pyrrole nitrogens is 1. The molecular weight excluding hydrogens is 496 g/mol. The van der Waals surface area contributed by atoms with E-state index in [1.807, 2.05) is 56.3 Å². The number of aromatic nitrogens is 1. The molecule has 9 heteroatoms. The number of carboxylic acids is 1. The Morgan fingerprint density at radius 1 is 1.03 bits per heavy atom. The molecule has 0 bridgehead atoms. The second kappa shape index (κ2) is 9.55. The number of piperidine rings is 1. The van der Waals surface area contributed by atoms with Crippen LogP contribution in [0.25, 0.3) is 10.9 Å². The van der Waals surface area contributed by atoms with Gasteiger partial charge in [0.15, 0.2) is 0 Å². The molecule has 9 nitrogen and oxygen atoms in total. The molecule has 2 aromatic carbocycles. The molecule has 3 atom stereocenters. The topological polar surface area (TPSA) is 123 Å². The van der Waals surface area contributed by atoms with Crippen LogP contribution in [0.3, 0.4) is 0 Å². The predicted octanol–water partition coefficient (Wildman–Crippen LogP) is 3.10. The van der Waals surface area contributed by atoms with Gasteiger partial charge in [0.25, 0.3) is 5.91 Å². The largest absolute Gasteiger partial charge is 0.481 e. The maximum absolute atomic E-state index is 14.0. The fourth-order valence-corrected chi connectivity index (χ4v) is 6.44. The Balaban J connectivity index is 1.31. The van der Waals surface area contributed by atoms with E-state index in [9.17, 15) is 24.3 Å². The zero-order valence-electron chi connectivity index (χ0n) is 22.0. The van der Waals surface area contributed by atoms with Crippen molar-refractivity contribution in [2.75, 3.05) is 13.1 Å². The smallest absolute Gasteiger partial charge is 0.306 e. The zero-order valence-corrected chi connectivity index (χ0v) is 22.0. The van der Waals surface area contributed by atoms with E-state index in [0.717, 1.165) is 27.7 Å². The average Bonchev–Trinajstić information content (AvgIpc) is 3.46. The highest BCUT2D eigenvalue weighted by atomic mass is 16.4. The third kappa shape index (κ3) is 4.07. The van der Waals surface area contributed by atoms with Crippen molar-refractivity contribution in [3.05, 3.63) is 70.9 Å². The first-order valence-corrected chi connectivity index (χ1v) is 13.6. The minimum atomic E-state index is -0.837. The second-order valence-electron chi connectivity index (χ2n) is 11.2. The molecule has 3 unspecified atom stereocenters. The van der Waals surface area contributed by atoms with Crippen molar-refractivity contribution >= 4 is 34.6 Å². The monoisotopic (exact) mass is 528 g/mol. The van der Waals surface area contributed by atoms with Crippen LogP contribution in [0.15, 0.2) is 48.5 Å². The number of likely N-dealkylation sites (tertiary alicyclic amines) is 1. The summed E-state index contributed by atoms with van der Waals surface area (Å²) in [7, 11) is 0. The molecule has 3 aliphatic heterocycles. The number of benzene rings is 2. The van der Waals surface area contributed by atoms with Gasteiger partial charge in [-0.2, -0.15) is 0 Å². The maximum Gasteiger partial charge on any atom is 0.306 e. The van der Waals surface area contributed by atoms with E-state index in [2.05, 4.69) is 10.3 Å². The number of rotatable bonds is 5. The van der Waals surface area contributed by atoms with Gasteiger partial charge in [-0.1, -0.05) is 50.2 Å². The van der Waals surface area contributed by atoms with Crippen LogP contribution >= 0.6 is 0 Å². The van der Waals surface area contributed by atoms with E-state index < -0.39 is 30.0 Å². The lowest BCUT2D eigenvalue weighted by atomic mass is 9.89. The van der Waals surface area contributed by atoms with Crippen LogP contribution in [0.2, 0.25) is 0 Å². The summed E-state index contributed by atoms with van der Waals surface area (Å²) in [6, 6.07) is 13.4. The van der Waals surface area contributed by atoms with Crippen molar-refractivity contribution in [2.24, 2.45) is 11.8 Å². The molecule has 39 heavy (non-hydrogen) atoms. The quantitative estimate of drug-likeness (QED) is 0.470. The SMILES string of the molecule is CC(C)C(NC(=O)C1Cc2c([nH]c3ccccc23)C2c3ccccc3C(=O)N12)C(=O)N1CCC(C(=O)O)CC1. The lowest BCUT2D eigenvalue weighted by Gasteiger charge is -2.39. The van der Waals surface area contributed by atoms with Gasteiger partial charge in [-0.3, -0.25) is 19.2 Å². The summed E-state index contributed by atoms with van der Waals surface area (Å²) in [5, 5.41) is 13.3. The first-order chi connectivity index (χ1) is 18.8. The van der Waals surface area contributed by atoms with Gasteiger partial charge in [0, 0.05) is 41.7 Å². The van der Waals surface area contributed by atoms with Crippen molar-refractivity contribution in [2.45, 2.75) is 51.2 Å². The zero-order chi connectivity index (χ0) is 27.4. The van der Waals surface area contributed by atoms with E-state index in [1.54, 1.807) is 15.9 Å². The van der Waals surface area contributed by atoms with E-state index in [1.165, 1.54) is 0 Å². The molecule has 202 valence electrons. The molecule has 3 N–H and O–H groups in total. The van der Waals surface area contributed by atoms with E-state index >= 15 is 0 Å². The fraction of sp³-hybridized carbons (Fsp3) is 0.400. The number of hydrogen-bond donors (Lipinski definition) is 3. The van der Waals surface area contributed by atoms with Crippen molar-refractivity contribution in [3.8, 4) is 0 Å². The minimum absolute atomic E-state index is 0.187. The molecule has 0 radical (unpaired) electrons. The summed E-state index contributed by atoms with van der Waals surface area (Å²) in [6.45, 7) is 4.45. The van der Waals surface area contributed by atoms with Crippen LogP contribution in [0.4, 0.5) is 0 Å². The van der Waals surface area contributed by atoms with Crippen molar-refractivity contribution in [1.82, 2.24) is 20.1 Å². The van der Waals surface area contributed by atoms with Crippen LogP contribution in [0, 0.1) is 11.8 Å². The molecule has 1 saturated heterocycles. The Morgan fingerprint density at radius 2 is 1.72 bits per heavy atom. The second-order valence-corrected chi connectivity index (χ2v) is 11.2. The number of aromatic amines is 1. The van der Waals surface area contributed by atoms with E-state index in [0.29, 0.717) is 37.9 Å². The number of carbonyl (C=O) groups excluding carboxylic acids is 3. The molecule has 6 rings (SSSR count). The molecule has 3 amide bonds. The lowest BCUT2D eigenvalue weighted by Crippen LogP contribution is -2.58. The number of hydrogen-bond acceptors (Lipinski definition) is 4. The number of nitrogens with zero attached hydrogens (tertiary/aromatic N) is 2. The van der Waals surface area contributed by atoms with Crippen LogP contribution < -0.4 is 5.32 Å². The first kappa shape index (κ1) is 25.2. The number of nitrogens with one attached hydrogen (secondary N) is 2. The Hall–Kier alpha value is -4.14. The molecule has 0 aliphatic carbocycles. The summed E-state index contributed by atoms with van der Waals surface area (Å²) >= 11 is 0. The van der Waals surface area contributed by atoms with Gasteiger partial charge < -0.3 is 25.2 Å². The lowest BCUT2D eigenvalue weighted by molar-refractivity contribution is -0.147. The van der Waals surface area contributed by atoms with Gasteiger partial charge in [-0.25, -0.2) is 0 Å². The molecule has 1 aromatic heterocycles. The van der Waals surface area contributed by atoms with Gasteiger partial charge in [0.2, 0.25) is 11.8 Å². The number of aliphatic carboxylic acids is 1. The summed E-state index contributed by atoms with van der Waals surface area (Å²) in [6.07, 6.45) is 1.13. The highest BCUT2D eigenvalue weighted by molar-refractivity contribution is 6.04. The average molecular weight is 529 g/mol.